The van der Waals surface area contributed by atoms with E-state index in [1.807, 2.05) is 12.1 Å². The van der Waals surface area contributed by atoms with Crippen molar-refractivity contribution >= 4 is 17.5 Å². The van der Waals surface area contributed by atoms with Gasteiger partial charge in [0, 0.05) is 12.5 Å². The molecule has 2 amide bonds. The highest BCUT2D eigenvalue weighted by Gasteiger charge is 2.22. The largest absolute Gasteiger partial charge is 0.352 e. The van der Waals surface area contributed by atoms with Gasteiger partial charge in [-0.3, -0.25) is 9.59 Å². The summed E-state index contributed by atoms with van der Waals surface area (Å²) in [5.41, 5.74) is 1.16. The molecular weight excluding hydrogens is 276 g/mol. The van der Waals surface area contributed by atoms with Gasteiger partial charge in [-0.25, -0.2) is 0 Å². The number of rotatable bonds is 6. The molecule has 0 aliphatic heterocycles. The van der Waals surface area contributed by atoms with Gasteiger partial charge in [-0.05, 0) is 31.4 Å². The van der Waals surface area contributed by atoms with E-state index >= 15 is 0 Å². The third-order valence-corrected chi connectivity index (χ3v) is 4.22. The van der Waals surface area contributed by atoms with Gasteiger partial charge in [-0.1, -0.05) is 44.7 Å². The zero-order chi connectivity index (χ0) is 15.8. The number of hydrogen-bond acceptors (Lipinski definition) is 2. The molecule has 2 N–H and O–H groups in total. The SMILES string of the molecule is CCCCNC(=O)c1ccccc1NC(=O)C1CCCCC1. The Kier molecular flexibility index (Phi) is 6.44. The van der Waals surface area contributed by atoms with Crippen LogP contribution in [0.25, 0.3) is 0 Å². The Hall–Kier alpha value is -1.84. The van der Waals surface area contributed by atoms with Crippen molar-refractivity contribution in [1.82, 2.24) is 5.32 Å². The van der Waals surface area contributed by atoms with Gasteiger partial charge in [0.25, 0.3) is 5.91 Å². The van der Waals surface area contributed by atoms with Crippen LogP contribution >= 0.6 is 0 Å². The second-order valence-electron chi connectivity index (χ2n) is 5.98. The molecular formula is C18H26N2O2. The summed E-state index contributed by atoms with van der Waals surface area (Å²) in [6.45, 7) is 2.75. The molecule has 120 valence electrons. The average molecular weight is 302 g/mol. The van der Waals surface area contributed by atoms with Crippen LogP contribution in [0.4, 0.5) is 5.69 Å². The van der Waals surface area contributed by atoms with Crippen LogP contribution in [-0.4, -0.2) is 18.4 Å². The Labute approximate surface area is 132 Å². The summed E-state index contributed by atoms with van der Waals surface area (Å²) >= 11 is 0. The number of anilines is 1. The zero-order valence-electron chi connectivity index (χ0n) is 13.4. The maximum Gasteiger partial charge on any atom is 0.253 e. The molecule has 0 heterocycles. The lowest BCUT2D eigenvalue weighted by Gasteiger charge is -2.21. The first kappa shape index (κ1) is 16.5. The summed E-state index contributed by atoms with van der Waals surface area (Å²) in [7, 11) is 0. The molecule has 22 heavy (non-hydrogen) atoms. The summed E-state index contributed by atoms with van der Waals surface area (Å²) in [6, 6.07) is 7.23. The molecule has 1 fully saturated rings. The molecule has 4 heteroatoms. The second kappa shape index (κ2) is 8.57. The van der Waals surface area contributed by atoms with Crippen LogP contribution in [-0.2, 0) is 4.79 Å². The van der Waals surface area contributed by atoms with E-state index in [9.17, 15) is 9.59 Å². The van der Waals surface area contributed by atoms with Crippen molar-refractivity contribution in [1.29, 1.82) is 0 Å². The summed E-state index contributed by atoms with van der Waals surface area (Å²) < 4.78 is 0. The fourth-order valence-electron chi connectivity index (χ4n) is 2.86. The van der Waals surface area contributed by atoms with Crippen LogP contribution in [0.5, 0.6) is 0 Å². The van der Waals surface area contributed by atoms with Crippen molar-refractivity contribution in [2.45, 2.75) is 51.9 Å². The number of para-hydroxylation sites is 1. The van der Waals surface area contributed by atoms with Gasteiger partial charge in [0.2, 0.25) is 5.91 Å². The Morgan fingerprint density at radius 3 is 2.59 bits per heavy atom. The first-order valence-corrected chi connectivity index (χ1v) is 8.40. The summed E-state index contributed by atoms with van der Waals surface area (Å²) in [5, 5.41) is 5.85. The average Bonchev–Trinajstić information content (AvgIpc) is 2.56. The minimum Gasteiger partial charge on any atom is -0.352 e. The molecule has 1 saturated carbocycles. The number of amides is 2. The van der Waals surface area contributed by atoms with Gasteiger partial charge in [-0.2, -0.15) is 0 Å². The van der Waals surface area contributed by atoms with E-state index < -0.39 is 0 Å². The molecule has 1 aliphatic rings. The van der Waals surface area contributed by atoms with Gasteiger partial charge in [0.1, 0.15) is 0 Å². The Morgan fingerprint density at radius 1 is 1.14 bits per heavy atom. The van der Waals surface area contributed by atoms with E-state index in [2.05, 4.69) is 17.6 Å². The first-order valence-electron chi connectivity index (χ1n) is 8.40. The van der Waals surface area contributed by atoms with Crippen LogP contribution in [0.15, 0.2) is 24.3 Å². The number of benzene rings is 1. The zero-order valence-corrected chi connectivity index (χ0v) is 13.4. The minimum absolute atomic E-state index is 0.0495. The van der Waals surface area contributed by atoms with Crippen molar-refractivity contribution in [2.75, 3.05) is 11.9 Å². The number of carbonyl (C=O) groups is 2. The maximum absolute atomic E-state index is 12.4. The van der Waals surface area contributed by atoms with E-state index in [0.29, 0.717) is 17.8 Å². The lowest BCUT2D eigenvalue weighted by Crippen LogP contribution is -2.28. The summed E-state index contributed by atoms with van der Waals surface area (Å²) in [5.74, 6) is 0.0199. The van der Waals surface area contributed by atoms with Gasteiger partial charge < -0.3 is 10.6 Å². The lowest BCUT2D eigenvalue weighted by atomic mass is 9.88. The lowest BCUT2D eigenvalue weighted by molar-refractivity contribution is -0.120. The Morgan fingerprint density at radius 2 is 1.86 bits per heavy atom. The van der Waals surface area contributed by atoms with Gasteiger partial charge in [0.15, 0.2) is 0 Å². The Bertz CT molecular complexity index is 508. The molecule has 0 saturated heterocycles. The number of carbonyl (C=O) groups excluding carboxylic acids is 2. The van der Waals surface area contributed by atoms with Crippen LogP contribution in [0.3, 0.4) is 0 Å². The molecule has 0 spiro atoms. The molecule has 2 rings (SSSR count). The van der Waals surface area contributed by atoms with Crippen LogP contribution in [0.1, 0.15) is 62.2 Å². The van der Waals surface area contributed by atoms with Crippen molar-refractivity contribution < 1.29 is 9.59 Å². The quantitative estimate of drug-likeness (QED) is 0.787. The van der Waals surface area contributed by atoms with E-state index in [-0.39, 0.29) is 17.7 Å². The second-order valence-corrected chi connectivity index (χ2v) is 5.98. The molecule has 1 aromatic carbocycles. The minimum atomic E-state index is -0.118. The number of hydrogen-bond donors (Lipinski definition) is 2. The van der Waals surface area contributed by atoms with Crippen molar-refractivity contribution in [3.8, 4) is 0 Å². The van der Waals surface area contributed by atoms with E-state index in [4.69, 9.17) is 0 Å². The molecule has 4 nitrogen and oxygen atoms in total. The normalized spacial score (nSPS) is 15.3. The molecule has 0 bridgehead atoms. The van der Waals surface area contributed by atoms with Gasteiger partial charge >= 0.3 is 0 Å². The number of unbranched alkanes of at least 4 members (excludes halogenated alkanes) is 1. The van der Waals surface area contributed by atoms with Crippen molar-refractivity contribution in [3.63, 3.8) is 0 Å². The van der Waals surface area contributed by atoms with Crippen molar-refractivity contribution in [3.05, 3.63) is 29.8 Å². The first-order chi connectivity index (χ1) is 10.7. The fourth-order valence-corrected chi connectivity index (χ4v) is 2.86. The predicted octanol–water partition coefficient (Wildman–Crippen LogP) is 3.74. The highest BCUT2D eigenvalue weighted by atomic mass is 16.2. The smallest absolute Gasteiger partial charge is 0.253 e. The molecule has 0 radical (unpaired) electrons. The molecule has 1 aliphatic carbocycles. The molecule has 0 aromatic heterocycles. The van der Waals surface area contributed by atoms with Crippen molar-refractivity contribution in [2.24, 2.45) is 5.92 Å². The third-order valence-electron chi connectivity index (χ3n) is 4.22. The fraction of sp³-hybridized carbons (Fsp3) is 0.556. The van der Waals surface area contributed by atoms with E-state index in [1.54, 1.807) is 12.1 Å². The molecule has 1 aromatic rings. The number of nitrogens with one attached hydrogen (secondary N) is 2. The monoisotopic (exact) mass is 302 g/mol. The summed E-state index contributed by atoms with van der Waals surface area (Å²) in [6.07, 6.45) is 7.38. The molecule has 0 atom stereocenters. The highest BCUT2D eigenvalue weighted by molar-refractivity contribution is 6.04. The van der Waals surface area contributed by atoms with E-state index in [1.165, 1.54) is 6.42 Å². The standard InChI is InChI=1S/C18H26N2O2/c1-2-3-13-19-18(22)15-11-7-8-12-16(15)20-17(21)14-9-5-4-6-10-14/h7-8,11-12,14H,2-6,9-10,13H2,1H3,(H,19,22)(H,20,21). The maximum atomic E-state index is 12.4. The van der Waals surface area contributed by atoms with Crippen LogP contribution < -0.4 is 10.6 Å². The molecule has 0 unspecified atom stereocenters. The topological polar surface area (TPSA) is 58.2 Å². The van der Waals surface area contributed by atoms with E-state index in [0.717, 1.165) is 38.5 Å². The highest BCUT2D eigenvalue weighted by Crippen LogP contribution is 2.25. The van der Waals surface area contributed by atoms with Gasteiger partial charge in [0.05, 0.1) is 11.3 Å². The third kappa shape index (κ3) is 4.58. The summed E-state index contributed by atoms with van der Waals surface area (Å²) in [4.78, 5) is 24.6. The van der Waals surface area contributed by atoms with Gasteiger partial charge in [-0.15, -0.1) is 0 Å². The van der Waals surface area contributed by atoms with Crippen LogP contribution in [0, 0.1) is 5.92 Å². The predicted molar refractivity (Wildman–Crippen MR) is 88.9 cm³/mol. The van der Waals surface area contributed by atoms with Crippen LogP contribution in [0.2, 0.25) is 0 Å². The Balaban J connectivity index is 2.01.